The lowest BCUT2D eigenvalue weighted by atomic mass is 9.98. The van der Waals surface area contributed by atoms with Crippen LogP contribution in [0.25, 0.3) is 22.3 Å². The molecule has 8 nitrogen and oxygen atoms in total. The second-order valence-electron chi connectivity index (χ2n) is 7.96. The number of aliphatic hydroxyl groups is 1. The molecule has 2 N–H and O–H groups in total. The number of amides is 1. The number of aromatic nitrogens is 2. The van der Waals surface area contributed by atoms with Gasteiger partial charge in [-0.05, 0) is 49.1 Å². The van der Waals surface area contributed by atoms with E-state index in [2.05, 4.69) is 20.9 Å². The van der Waals surface area contributed by atoms with E-state index in [-0.39, 0.29) is 48.4 Å². The number of ether oxygens (including phenoxy) is 1. The van der Waals surface area contributed by atoms with Crippen LogP contribution in [-0.2, 0) is 6.54 Å². The Kier molecular flexibility index (Phi) is 6.94. The summed E-state index contributed by atoms with van der Waals surface area (Å²) in [6.07, 6.45) is 0.457. The number of hydrogen-bond donors (Lipinski definition) is 2. The van der Waals surface area contributed by atoms with Gasteiger partial charge in [-0.1, -0.05) is 15.9 Å². The molecule has 1 fully saturated rings. The number of rotatable bonds is 6. The van der Waals surface area contributed by atoms with Gasteiger partial charge in [0, 0.05) is 30.2 Å². The van der Waals surface area contributed by atoms with Gasteiger partial charge in [0.25, 0.3) is 5.56 Å². The van der Waals surface area contributed by atoms with Gasteiger partial charge >= 0.3 is 6.09 Å². The maximum Gasteiger partial charge on any atom is 0.407 e. The molecular formula is C23H23BrFN3O5. The minimum atomic E-state index is -0.989. The first-order valence-corrected chi connectivity index (χ1v) is 11.4. The van der Waals surface area contributed by atoms with Gasteiger partial charge in [0.2, 0.25) is 0 Å². The molecule has 4 rings (SSSR count). The molecule has 1 amide bonds. The summed E-state index contributed by atoms with van der Waals surface area (Å²) in [5.41, 5.74) is 0.258. The van der Waals surface area contributed by atoms with Crippen molar-refractivity contribution in [3.05, 3.63) is 57.0 Å². The predicted molar refractivity (Wildman–Crippen MR) is 124 cm³/mol. The molecule has 3 aromatic rings. The quantitative estimate of drug-likeness (QED) is 0.514. The largest absolute Gasteiger partial charge is 0.491 e. The average Bonchev–Trinajstić information content (AvgIpc) is 2.80. The van der Waals surface area contributed by atoms with Crippen molar-refractivity contribution in [1.82, 2.24) is 14.5 Å². The lowest BCUT2D eigenvalue weighted by molar-refractivity contribution is 0.116. The number of benzene rings is 2. The minimum absolute atomic E-state index is 0.0361. The molecule has 2 heterocycles. The van der Waals surface area contributed by atoms with Crippen LogP contribution in [0.1, 0.15) is 12.8 Å². The van der Waals surface area contributed by atoms with Crippen molar-refractivity contribution in [2.45, 2.75) is 19.4 Å². The molecule has 0 radical (unpaired) electrons. The third-order valence-electron chi connectivity index (χ3n) is 5.69. The number of carboxylic acid groups (broad SMARTS) is 1. The van der Waals surface area contributed by atoms with E-state index >= 15 is 4.39 Å². The van der Waals surface area contributed by atoms with Gasteiger partial charge in [-0.3, -0.25) is 9.36 Å². The number of nitrogens with zero attached hydrogens (tertiary/aromatic N) is 3. The summed E-state index contributed by atoms with van der Waals surface area (Å²) in [5.74, 6) is -0.284. The van der Waals surface area contributed by atoms with E-state index in [1.54, 1.807) is 24.3 Å². The number of aliphatic hydroxyl groups excluding tert-OH is 1. The van der Waals surface area contributed by atoms with Crippen molar-refractivity contribution < 1.29 is 24.1 Å². The monoisotopic (exact) mass is 519 g/mol. The van der Waals surface area contributed by atoms with E-state index in [4.69, 9.17) is 9.84 Å². The molecule has 174 valence electrons. The molecule has 2 aromatic carbocycles. The van der Waals surface area contributed by atoms with Crippen molar-refractivity contribution >= 4 is 32.9 Å². The minimum Gasteiger partial charge on any atom is -0.491 e. The molecule has 0 bridgehead atoms. The summed E-state index contributed by atoms with van der Waals surface area (Å²) in [5, 5.41) is 18.7. The Morgan fingerprint density at radius 2 is 2.09 bits per heavy atom. The van der Waals surface area contributed by atoms with E-state index in [0.29, 0.717) is 30.4 Å². The van der Waals surface area contributed by atoms with Gasteiger partial charge in [0.15, 0.2) is 0 Å². The second-order valence-corrected chi connectivity index (χ2v) is 8.88. The van der Waals surface area contributed by atoms with Gasteiger partial charge in [-0.25, -0.2) is 14.2 Å². The molecular weight excluding hydrogens is 497 g/mol. The summed E-state index contributed by atoms with van der Waals surface area (Å²) in [6, 6.07) is 9.38. The zero-order valence-electron chi connectivity index (χ0n) is 17.7. The zero-order valence-corrected chi connectivity index (χ0v) is 19.3. The second kappa shape index (κ2) is 9.88. The molecule has 1 unspecified atom stereocenters. The van der Waals surface area contributed by atoms with Crippen molar-refractivity contribution in [3.63, 3.8) is 0 Å². The third-order valence-corrected chi connectivity index (χ3v) is 6.18. The van der Waals surface area contributed by atoms with E-state index in [1.807, 2.05) is 0 Å². The first-order valence-electron chi connectivity index (χ1n) is 10.6. The number of piperidine rings is 1. The van der Waals surface area contributed by atoms with Crippen molar-refractivity contribution in [2.75, 3.05) is 26.3 Å². The molecule has 33 heavy (non-hydrogen) atoms. The van der Waals surface area contributed by atoms with Crippen molar-refractivity contribution in [1.29, 1.82) is 0 Å². The Labute approximate surface area is 197 Å². The van der Waals surface area contributed by atoms with Gasteiger partial charge < -0.3 is 19.8 Å². The van der Waals surface area contributed by atoms with Crippen molar-refractivity contribution in [2.24, 2.45) is 5.92 Å². The Balaban J connectivity index is 1.80. The van der Waals surface area contributed by atoms with Crippen LogP contribution in [-0.4, -0.2) is 57.1 Å². The van der Waals surface area contributed by atoms with E-state index in [1.165, 1.54) is 21.6 Å². The summed E-state index contributed by atoms with van der Waals surface area (Å²) in [4.78, 5) is 30.9. The Hall–Kier alpha value is -2.98. The number of carbonyl (C=O) groups is 1. The van der Waals surface area contributed by atoms with E-state index < -0.39 is 11.9 Å². The van der Waals surface area contributed by atoms with Crippen LogP contribution in [0.3, 0.4) is 0 Å². The number of hydrogen-bond acceptors (Lipinski definition) is 5. The molecule has 1 aliphatic rings. The SMILES string of the molecule is O=C(O)N1CCCC(Cn2c(-c3ccc(OCCO)cc3F)nc3ccc(Br)cc3c2=O)C1. The molecule has 10 heteroatoms. The molecule has 1 atom stereocenters. The van der Waals surface area contributed by atoms with Gasteiger partial charge in [0.1, 0.15) is 24.0 Å². The van der Waals surface area contributed by atoms with Crippen molar-refractivity contribution in [3.8, 4) is 17.1 Å². The summed E-state index contributed by atoms with van der Waals surface area (Å²) < 4.78 is 22.5. The Morgan fingerprint density at radius 3 is 2.82 bits per heavy atom. The fourth-order valence-corrected chi connectivity index (χ4v) is 4.51. The average molecular weight is 520 g/mol. The Morgan fingerprint density at radius 1 is 1.27 bits per heavy atom. The fourth-order valence-electron chi connectivity index (χ4n) is 4.14. The third kappa shape index (κ3) is 5.01. The lowest BCUT2D eigenvalue weighted by Crippen LogP contribution is -2.41. The predicted octanol–water partition coefficient (Wildman–Crippen LogP) is 3.73. The highest BCUT2D eigenvalue weighted by molar-refractivity contribution is 9.10. The normalized spacial score (nSPS) is 16.2. The summed E-state index contributed by atoms with van der Waals surface area (Å²) in [7, 11) is 0. The van der Waals surface area contributed by atoms with Gasteiger partial charge in [-0.2, -0.15) is 0 Å². The zero-order chi connectivity index (χ0) is 23.5. The molecule has 0 saturated carbocycles. The maximum atomic E-state index is 15.1. The molecule has 1 aromatic heterocycles. The van der Waals surface area contributed by atoms with Crippen LogP contribution in [0.4, 0.5) is 9.18 Å². The van der Waals surface area contributed by atoms with Crippen LogP contribution in [0, 0.1) is 11.7 Å². The lowest BCUT2D eigenvalue weighted by Gasteiger charge is -2.31. The molecule has 0 aliphatic carbocycles. The van der Waals surface area contributed by atoms with Gasteiger partial charge in [-0.15, -0.1) is 0 Å². The van der Waals surface area contributed by atoms with E-state index in [0.717, 1.165) is 10.9 Å². The summed E-state index contributed by atoms with van der Waals surface area (Å²) >= 11 is 3.38. The van der Waals surface area contributed by atoms with E-state index in [9.17, 15) is 14.7 Å². The number of halogens is 2. The fraction of sp³-hybridized carbons (Fsp3) is 0.348. The highest BCUT2D eigenvalue weighted by Gasteiger charge is 2.26. The number of likely N-dealkylation sites (tertiary alicyclic amines) is 1. The first kappa shape index (κ1) is 23.2. The van der Waals surface area contributed by atoms with Crippen LogP contribution in [0.2, 0.25) is 0 Å². The van der Waals surface area contributed by atoms with Crippen LogP contribution < -0.4 is 10.3 Å². The Bertz CT molecular complexity index is 1250. The van der Waals surface area contributed by atoms with Crippen LogP contribution in [0.5, 0.6) is 5.75 Å². The van der Waals surface area contributed by atoms with Gasteiger partial charge in [0.05, 0.1) is 23.1 Å². The smallest absolute Gasteiger partial charge is 0.407 e. The van der Waals surface area contributed by atoms with Crippen LogP contribution >= 0.6 is 15.9 Å². The summed E-state index contributed by atoms with van der Waals surface area (Å²) in [6.45, 7) is 0.817. The van der Waals surface area contributed by atoms with Crippen LogP contribution in [0.15, 0.2) is 45.7 Å². The highest BCUT2D eigenvalue weighted by Crippen LogP contribution is 2.28. The first-order chi connectivity index (χ1) is 15.9. The molecule has 0 spiro atoms. The molecule has 1 aliphatic heterocycles. The molecule has 1 saturated heterocycles. The number of fused-ring (bicyclic) bond motifs is 1. The standard InChI is InChI=1S/C23H23BrFN3O5/c24-15-3-6-20-18(10-15)22(30)28(13-14-2-1-7-27(12-14)23(31)32)21(26-20)17-5-4-16(11-19(17)25)33-9-8-29/h3-6,10-11,14,29H,1-2,7-9,12-13H2,(H,31,32). The highest BCUT2D eigenvalue weighted by atomic mass is 79.9. The topological polar surface area (TPSA) is 105 Å². The maximum absolute atomic E-state index is 15.1.